The molecule has 2 aromatic rings. The van der Waals surface area contributed by atoms with Crippen molar-refractivity contribution in [3.05, 3.63) is 71.8 Å². The van der Waals surface area contributed by atoms with Crippen LogP contribution in [0.3, 0.4) is 0 Å². The molecule has 2 atom stereocenters. The second-order valence-corrected chi connectivity index (χ2v) is 8.06. The number of ether oxygens (including phenoxy) is 1. The van der Waals surface area contributed by atoms with Crippen molar-refractivity contribution in [2.24, 2.45) is 0 Å². The third-order valence-electron chi connectivity index (χ3n) is 5.82. The zero-order valence-corrected chi connectivity index (χ0v) is 17.7. The number of aliphatic carboxylic acids is 1. The average molecular weight is 411 g/mol. The second kappa shape index (κ2) is 10.7. The zero-order valence-electron chi connectivity index (χ0n) is 17.7. The molecule has 5 nitrogen and oxygen atoms in total. The van der Waals surface area contributed by atoms with E-state index in [0.717, 1.165) is 11.1 Å². The van der Waals surface area contributed by atoms with E-state index in [1.54, 1.807) is 6.92 Å². The summed E-state index contributed by atoms with van der Waals surface area (Å²) in [4.78, 5) is 35.2. The van der Waals surface area contributed by atoms with Crippen LogP contribution in [0.1, 0.15) is 63.5 Å². The van der Waals surface area contributed by atoms with Crippen molar-refractivity contribution >= 4 is 18.2 Å². The molecule has 30 heavy (non-hydrogen) atoms. The van der Waals surface area contributed by atoms with Gasteiger partial charge in [-0.25, -0.2) is 0 Å². The number of benzene rings is 2. The topological polar surface area (TPSA) is 80.7 Å². The van der Waals surface area contributed by atoms with Gasteiger partial charge in [0.05, 0.1) is 5.41 Å². The maximum absolute atomic E-state index is 12.4. The molecule has 0 aliphatic rings. The SMILES string of the molecule is CC(CCCC(=O)CCCC(C)(C(=O)O)c1ccccc1)(OC=O)c1ccccc1. The van der Waals surface area contributed by atoms with Crippen molar-refractivity contribution < 1.29 is 24.2 Å². The first-order valence-corrected chi connectivity index (χ1v) is 10.3. The third-order valence-corrected chi connectivity index (χ3v) is 5.82. The Balaban J connectivity index is 1.86. The molecule has 0 spiro atoms. The van der Waals surface area contributed by atoms with Gasteiger partial charge in [0.2, 0.25) is 0 Å². The fraction of sp³-hybridized carbons (Fsp3) is 0.400. The van der Waals surface area contributed by atoms with Crippen molar-refractivity contribution in [1.29, 1.82) is 0 Å². The highest BCUT2D eigenvalue weighted by molar-refractivity contribution is 5.81. The minimum atomic E-state index is -1.01. The lowest BCUT2D eigenvalue weighted by Crippen LogP contribution is -2.32. The molecule has 160 valence electrons. The minimum Gasteiger partial charge on any atom is -0.481 e. The first-order chi connectivity index (χ1) is 14.3. The van der Waals surface area contributed by atoms with Crippen LogP contribution in [-0.2, 0) is 30.1 Å². The van der Waals surface area contributed by atoms with E-state index in [9.17, 15) is 19.5 Å². The number of hydrogen-bond acceptors (Lipinski definition) is 4. The van der Waals surface area contributed by atoms with Crippen LogP contribution < -0.4 is 0 Å². The van der Waals surface area contributed by atoms with Gasteiger partial charge in [0.25, 0.3) is 6.47 Å². The summed E-state index contributed by atoms with van der Waals surface area (Å²) in [6.07, 6.45) is 2.75. The van der Waals surface area contributed by atoms with Gasteiger partial charge >= 0.3 is 5.97 Å². The van der Waals surface area contributed by atoms with Gasteiger partial charge in [-0.15, -0.1) is 0 Å². The quantitative estimate of drug-likeness (QED) is 0.469. The Labute approximate surface area is 178 Å². The molecule has 0 fully saturated rings. The lowest BCUT2D eigenvalue weighted by atomic mass is 9.78. The molecule has 0 saturated carbocycles. The predicted molar refractivity (Wildman–Crippen MR) is 115 cm³/mol. The molecule has 5 heteroatoms. The Bertz CT molecular complexity index is 833. The first-order valence-electron chi connectivity index (χ1n) is 10.3. The number of hydrogen-bond donors (Lipinski definition) is 1. The number of carbonyl (C=O) groups excluding carboxylic acids is 2. The predicted octanol–water partition coefficient (Wildman–Crippen LogP) is 5.03. The highest BCUT2D eigenvalue weighted by Gasteiger charge is 2.34. The Morgan fingerprint density at radius 3 is 1.87 bits per heavy atom. The fourth-order valence-corrected chi connectivity index (χ4v) is 3.74. The molecule has 2 rings (SSSR count). The van der Waals surface area contributed by atoms with E-state index < -0.39 is 17.0 Å². The van der Waals surface area contributed by atoms with Crippen molar-refractivity contribution in [2.75, 3.05) is 0 Å². The maximum Gasteiger partial charge on any atom is 0.313 e. The van der Waals surface area contributed by atoms with E-state index in [0.29, 0.717) is 45.0 Å². The van der Waals surface area contributed by atoms with Gasteiger partial charge < -0.3 is 9.84 Å². The van der Waals surface area contributed by atoms with Crippen LogP contribution in [0.4, 0.5) is 0 Å². The van der Waals surface area contributed by atoms with Crippen LogP contribution in [0.2, 0.25) is 0 Å². The molecule has 0 amide bonds. The zero-order chi connectivity index (χ0) is 22.0. The minimum absolute atomic E-state index is 0.0947. The number of ketones is 1. The Morgan fingerprint density at radius 2 is 1.37 bits per heavy atom. The lowest BCUT2D eigenvalue weighted by molar-refractivity contribution is -0.144. The molecule has 0 radical (unpaired) electrons. The maximum atomic E-state index is 12.4. The van der Waals surface area contributed by atoms with Crippen LogP contribution in [-0.4, -0.2) is 23.3 Å². The van der Waals surface area contributed by atoms with Gasteiger partial charge in [0, 0.05) is 12.8 Å². The summed E-state index contributed by atoms with van der Waals surface area (Å²) >= 11 is 0. The molecule has 2 unspecified atom stereocenters. The van der Waals surface area contributed by atoms with Gasteiger partial charge in [-0.2, -0.15) is 0 Å². The summed E-state index contributed by atoms with van der Waals surface area (Å²) in [5, 5.41) is 9.71. The summed E-state index contributed by atoms with van der Waals surface area (Å²) in [5.41, 5.74) is -0.136. The van der Waals surface area contributed by atoms with E-state index in [4.69, 9.17) is 4.74 Å². The number of rotatable bonds is 13. The number of carbonyl (C=O) groups is 3. The first kappa shape index (κ1) is 23.3. The second-order valence-electron chi connectivity index (χ2n) is 8.06. The van der Waals surface area contributed by atoms with Crippen molar-refractivity contribution in [3.63, 3.8) is 0 Å². The smallest absolute Gasteiger partial charge is 0.313 e. The standard InChI is InChI=1S/C25H30O5/c1-24(23(28)29,20-11-5-3-6-12-20)17-9-15-22(27)16-10-18-25(2,30-19-26)21-13-7-4-8-14-21/h3-8,11-14,19H,9-10,15-18H2,1-2H3,(H,28,29). The van der Waals surface area contributed by atoms with E-state index in [1.165, 1.54) is 0 Å². The van der Waals surface area contributed by atoms with Gasteiger partial charge in [-0.3, -0.25) is 14.4 Å². The molecule has 0 bridgehead atoms. The fourth-order valence-electron chi connectivity index (χ4n) is 3.74. The Kier molecular flexibility index (Phi) is 8.34. The molecule has 2 aromatic carbocycles. The van der Waals surface area contributed by atoms with Crippen LogP contribution in [0, 0.1) is 0 Å². The van der Waals surface area contributed by atoms with Crippen molar-refractivity contribution in [1.82, 2.24) is 0 Å². The molecular formula is C25H30O5. The largest absolute Gasteiger partial charge is 0.481 e. The third kappa shape index (κ3) is 6.02. The summed E-state index contributed by atoms with van der Waals surface area (Å²) in [7, 11) is 0. The molecule has 0 aromatic heterocycles. The number of carboxylic acids is 1. The molecule has 0 heterocycles. The lowest BCUT2D eigenvalue weighted by Gasteiger charge is -2.28. The Morgan fingerprint density at radius 1 is 0.867 bits per heavy atom. The summed E-state index contributed by atoms with van der Waals surface area (Å²) in [6, 6.07) is 18.6. The number of carboxylic acid groups (broad SMARTS) is 1. The highest BCUT2D eigenvalue weighted by Crippen LogP contribution is 2.32. The molecular weight excluding hydrogens is 380 g/mol. The van der Waals surface area contributed by atoms with E-state index in [1.807, 2.05) is 67.6 Å². The summed E-state index contributed by atoms with van der Waals surface area (Å²) in [5.74, 6) is -0.789. The normalized spacial score (nSPS) is 14.9. The van der Waals surface area contributed by atoms with Crippen molar-refractivity contribution in [3.8, 4) is 0 Å². The highest BCUT2D eigenvalue weighted by atomic mass is 16.5. The van der Waals surface area contributed by atoms with Gasteiger partial charge in [0.1, 0.15) is 11.4 Å². The summed E-state index contributed by atoms with van der Waals surface area (Å²) in [6.45, 7) is 4.00. The molecule has 0 saturated heterocycles. The van der Waals surface area contributed by atoms with Crippen LogP contribution in [0.5, 0.6) is 0 Å². The monoisotopic (exact) mass is 410 g/mol. The van der Waals surface area contributed by atoms with Gasteiger partial charge in [-0.1, -0.05) is 60.7 Å². The van der Waals surface area contributed by atoms with Gasteiger partial charge in [-0.05, 0) is 50.7 Å². The van der Waals surface area contributed by atoms with Crippen LogP contribution >= 0.6 is 0 Å². The van der Waals surface area contributed by atoms with Crippen molar-refractivity contribution in [2.45, 2.75) is 63.4 Å². The van der Waals surface area contributed by atoms with Crippen LogP contribution in [0.25, 0.3) is 0 Å². The van der Waals surface area contributed by atoms with E-state index in [-0.39, 0.29) is 5.78 Å². The summed E-state index contributed by atoms with van der Waals surface area (Å²) < 4.78 is 5.34. The molecule has 1 N–H and O–H groups in total. The number of Topliss-reactive ketones (excluding diaryl/α,β-unsaturated/α-hetero) is 1. The van der Waals surface area contributed by atoms with Gasteiger partial charge in [0.15, 0.2) is 0 Å². The van der Waals surface area contributed by atoms with Crippen LogP contribution in [0.15, 0.2) is 60.7 Å². The Hall–Kier alpha value is -2.95. The molecule has 0 aliphatic heterocycles. The van der Waals surface area contributed by atoms with E-state index in [2.05, 4.69) is 0 Å². The molecule has 0 aliphatic carbocycles. The average Bonchev–Trinajstić information content (AvgIpc) is 2.75. The van der Waals surface area contributed by atoms with E-state index >= 15 is 0 Å².